The van der Waals surface area contributed by atoms with Gasteiger partial charge >= 0.3 is 0 Å². The third-order valence-electron chi connectivity index (χ3n) is 4.94. The monoisotopic (exact) mass is 418 g/mol. The minimum absolute atomic E-state index is 0.321. The first-order valence-electron chi connectivity index (χ1n) is 10.6. The molecule has 7 heteroatoms. The van der Waals surface area contributed by atoms with E-state index in [0.717, 1.165) is 76.9 Å². The Morgan fingerprint density at radius 2 is 2.14 bits per heavy atom. The summed E-state index contributed by atoms with van der Waals surface area (Å²) in [5.74, 6) is 1.88. The van der Waals surface area contributed by atoms with E-state index in [1.54, 1.807) is 6.26 Å². The summed E-state index contributed by atoms with van der Waals surface area (Å²) in [6.07, 6.45) is 4.63. The molecule has 2 aromatic rings. The number of aryl methyl sites for hydroxylation is 1. The highest BCUT2D eigenvalue weighted by molar-refractivity contribution is 7.11. The highest BCUT2D eigenvalue weighted by atomic mass is 32.1. The molecule has 3 heterocycles. The van der Waals surface area contributed by atoms with E-state index < -0.39 is 0 Å². The van der Waals surface area contributed by atoms with Gasteiger partial charge in [0.05, 0.1) is 19.5 Å². The van der Waals surface area contributed by atoms with Crippen molar-refractivity contribution in [1.82, 2.24) is 15.5 Å². The summed E-state index contributed by atoms with van der Waals surface area (Å²) in [5.41, 5.74) is 0. The van der Waals surface area contributed by atoms with Crippen molar-refractivity contribution in [2.45, 2.75) is 39.2 Å². The molecule has 1 saturated heterocycles. The van der Waals surface area contributed by atoms with Crippen LogP contribution in [0.3, 0.4) is 0 Å². The lowest BCUT2D eigenvalue weighted by Crippen LogP contribution is -2.44. The Hall–Kier alpha value is -1.83. The number of furan rings is 1. The normalized spacial score (nSPS) is 16.7. The molecule has 0 aromatic carbocycles. The third-order valence-corrected chi connectivity index (χ3v) is 5.96. The molecule has 160 valence electrons. The van der Waals surface area contributed by atoms with Crippen LogP contribution >= 0.6 is 11.3 Å². The maximum absolute atomic E-state index is 5.43. The Morgan fingerprint density at radius 3 is 2.86 bits per heavy atom. The Bertz CT molecular complexity index is 723. The van der Waals surface area contributed by atoms with Crippen molar-refractivity contribution in [2.24, 2.45) is 4.99 Å². The molecule has 2 N–H and O–H groups in total. The van der Waals surface area contributed by atoms with E-state index in [-0.39, 0.29) is 0 Å². The molecule has 0 saturated carbocycles. The number of nitrogens with zero attached hydrogens (tertiary/aromatic N) is 2. The van der Waals surface area contributed by atoms with Gasteiger partial charge < -0.3 is 19.8 Å². The summed E-state index contributed by atoms with van der Waals surface area (Å²) < 4.78 is 10.8. The average molecular weight is 419 g/mol. The Balaban J connectivity index is 1.46. The molecule has 3 rings (SSSR count). The Morgan fingerprint density at radius 1 is 1.28 bits per heavy atom. The van der Waals surface area contributed by atoms with Gasteiger partial charge in [0.1, 0.15) is 5.76 Å². The van der Waals surface area contributed by atoms with Crippen molar-refractivity contribution in [3.05, 3.63) is 46.0 Å². The lowest BCUT2D eigenvalue weighted by Gasteiger charge is -2.26. The number of rotatable bonds is 10. The van der Waals surface area contributed by atoms with Gasteiger partial charge in [0.25, 0.3) is 0 Å². The highest BCUT2D eigenvalue weighted by Crippen LogP contribution is 2.16. The van der Waals surface area contributed by atoms with Gasteiger partial charge in [-0.2, -0.15) is 0 Å². The lowest BCUT2D eigenvalue weighted by molar-refractivity contribution is 0.0377. The average Bonchev–Trinajstić information content (AvgIpc) is 3.37. The van der Waals surface area contributed by atoms with Crippen LogP contribution in [0, 0.1) is 6.92 Å². The van der Waals surface area contributed by atoms with Crippen molar-refractivity contribution < 1.29 is 9.15 Å². The Labute approximate surface area is 178 Å². The molecule has 0 radical (unpaired) electrons. The number of morpholine rings is 1. The van der Waals surface area contributed by atoms with Gasteiger partial charge in [-0.1, -0.05) is 0 Å². The first kappa shape index (κ1) is 21.9. The first-order valence-corrected chi connectivity index (χ1v) is 11.4. The molecule has 29 heavy (non-hydrogen) atoms. The van der Waals surface area contributed by atoms with E-state index in [1.165, 1.54) is 9.75 Å². The number of thiophene rings is 1. The largest absolute Gasteiger partial charge is 0.469 e. The van der Waals surface area contributed by atoms with Crippen molar-refractivity contribution in [3.8, 4) is 0 Å². The maximum Gasteiger partial charge on any atom is 0.191 e. The van der Waals surface area contributed by atoms with Gasteiger partial charge in [0, 0.05) is 61.4 Å². The van der Waals surface area contributed by atoms with Crippen molar-refractivity contribution in [3.63, 3.8) is 0 Å². The van der Waals surface area contributed by atoms with Gasteiger partial charge in [-0.25, -0.2) is 0 Å². The molecule has 1 aliphatic rings. The fraction of sp³-hybridized carbons (Fsp3) is 0.591. The van der Waals surface area contributed by atoms with E-state index in [0.29, 0.717) is 6.04 Å². The first-order chi connectivity index (χ1) is 14.2. The highest BCUT2D eigenvalue weighted by Gasteiger charge is 2.10. The van der Waals surface area contributed by atoms with Crippen LogP contribution in [-0.2, 0) is 17.6 Å². The number of aliphatic imine (C=N–C) groups is 1. The van der Waals surface area contributed by atoms with Gasteiger partial charge in [-0.3, -0.25) is 9.89 Å². The van der Waals surface area contributed by atoms with Crippen LogP contribution < -0.4 is 10.6 Å². The number of ether oxygens (including phenoxy) is 1. The summed E-state index contributed by atoms with van der Waals surface area (Å²) in [6.45, 7) is 10.8. The third kappa shape index (κ3) is 8.20. The predicted octanol–water partition coefficient (Wildman–Crippen LogP) is 3.08. The zero-order chi connectivity index (χ0) is 20.3. The molecule has 0 bridgehead atoms. The topological polar surface area (TPSA) is 62.0 Å². The zero-order valence-electron chi connectivity index (χ0n) is 17.7. The van der Waals surface area contributed by atoms with Crippen molar-refractivity contribution >= 4 is 17.3 Å². The minimum Gasteiger partial charge on any atom is -0.469 e. The van der Waals surface area contributed by atoms with E-state index in [2.05, 4.69) is 41.5 Å². The van der Waals surface area contributed by atoms with Crippen LogP contribution in [0.2, 0.25) is 0 Å². The van der Waals surface area contributed by atoms with Crippen LogP contribution in [0.5, 0.6) is 0 Å². The standard InChI is InChI=1S/C22H34N4O2S/c1-18(17-21-7-6-19(2)29-21)25-22(24-10-8-20-5-3-14-28-20)23-9-4-11-26-12-15-27-16-13-26/h3,5-7,14,18H,4,8-13,15-17H2,1-2H3,(H2,23,24,25). The summed E-state index contributed by atoms with van der Waals surface area (Å²) in [4.78, 5) is 10.0. The fourth-order valence-electron chi connectivity index (χ4n) is 3.40. The van der Waals surface area contributed by atoms with E-state index in [9.17, 15) is 0 Å². The summed E-state index contributed by atoms with van der Waals surface area (Å²) in [5, 5.41) is 7.04. The number of hydrogen-bond acceptors (Lipinski definition) is 5. The van der Waals surface area contributed by atoms with Crippen LogP contribution in [-0.4, -0.2) is 62.8 Å². The summed E-state index contributed by atoms with van der Waals surface area (Å²) >= 11 is 1.87. The van der Waals surface area contributed by atoms with Crippen LogP contribution in [0.15, 0.2) is 39.9 Å². The second-order valence-electron chi connectivity index (χ2n) is 7.56. The number of nitrogens with one attached hydrogen (secondary N) is 2. The van der Waals surface area contributed by atoms with E-state index >= 15 is 0 Å². The molecular formula is C22H34N4O2S. The molecule has 1 unspecified atom stereocenters. The van der Waals surface area contributed by atoms with Gasteiger partial charge in [-0.05, 0) is 44.5 Å². The molecule has 0 aliphatic carbocycles. The van der Waals surface area contributed by atoms with Crippen molar-refractivity contribution in [1.29, 1.82) is 0 Å². The van der Waals surface area contributed by atoms with E-state index in [4.69, 9.17) is 14.1 Å². The van der Waals surface area contributed by atoms with Crippen molar-refractivity contribution in [2.75, 3.05) is 45.9 Å². The minimum atomic E-state index is 0.321. The summed E-state index contributed by atoms with van der Waals surface area (Å²) in [6, 6.07) is 8.67. The maximum atomic E-state index is 5.43. The fourth-order valence-corrected chi connectivity index (χ4v) is 4.42. The molecule has 1 fully saturated rings. The van der Waals surface area contributed by atoms with E-state index in [1.807, 2.05) is 23.5 Å². The molecule has 1 aliphatic heterocycles. The molecule has 0 spiro atoms. The second kappa shape index (κ2) is 12.0. The van der Waals surface area contributed by atoms with Gasteiger partial charge in [0.2, 0.25) is 0 Å². The number of guanidine groups is 1. The summed E-state index contributed by atoms with van der Waals surface area (Å²) in [7, 11) is 0. The smallest absolute Gasteiger partial charge is 0.191 e. The molecule has 6 nitrogen and oxygen atoms in total. The van der Waals surface area contributed by atoms with Crippen LogP contribution in [0.1, 0.15) is 28.9 Å². The second-order valence-corrected chi connectivity index (χ2v) is 8.93. The lowest BCUT2D eigenvalue weighted by atomic mass is 10.2. The molecular weight excluding hydrogens is 384 g/mol. The van der Waals surface area contributed by atoms with Crippen LogP contribution in [0.25, 0.3) is 0 Å². The zero-order valence-corrected chi connectivity index (χ0v) is 18.5. The SMILES string of the molecule is Cc1ccc(CC(C)NC(=NCCCN2CCOCC2)NCCc2ccco2)s1. The van der Waals surface area contributed by atoms with Gasteiger partial charge in [0.15, 0.2) is 5.96 Å². The van der Waals surface area contributed by atoms with Crippen LogP contribution in [0.4, 0.5) is 0 Å². The predicted molar refractivity (Wildman–Crippen MR) is 120 cm³/mol. The molecule has 0 amide bonds. The molecule has 2 aromatic heterocycles. The Kier molecular flexibility index (Phi) is 9.05. The quantitative estimate of drug-likeness (QED) is 0.353. The number of hydrogen-bond donors (Lipinski definition) is 2. The van der Waals surface area contributed by atoms with Gasteiger partial charge in [-0.15, -0.1) is 11.3 Å². The molecule has 1 atom stereocenters.